The van der Waals surface area contributed by atoms with Crippen molar-refractivity contribution in [2.45, 2.75) is 50.4 Å². The Morgan fingerprint density at radius 2 is 1.64 bits per heavy atom. The quantitative estimate of drug-likeness (QED) is 0.749. The van der Waals surface area contributed by atoms with Crippen LogP contribution < -0.4 is 5.32 Å². The number of nitrogens with zero attached hydrogens (tertiary/aromatic N) is 2. The van der Waals surface area contributed by atoms with Gasteiger partial charge in [-0.3, -0.25) is 9.69 Å². The minimum absolute atomic E-state index is 0.0494. The minimum atomic E-state index is -0.0494. The van der Waals surface area contributed by atoms with Gasteiger partial charge in [0.05, 0.1) is 5.52 Å². The van der Waals surface area contributed by atoms with Gasteiger partial charge in [0.2, 0.25) is 0 Å². The van der Waals surface area contributed by atoms with E-state index in [2.05, 4.69) is 45.5 Å². The van der Waals surface area contributed by atoms with Crippen LogP contribution in [0.1, 0.15) is 41.7 Å². The second-order valence-corrected chi connectivity index (χ2v) is 8.07. The molecule has 3 aromatic rings. The van der Waals surface area contributed by atoms with E-state index in [1.165, 1.54) is 18.4 Å². The molecule has 2 unspecified atom stereocenters. The van der Waals surface area contributed by atoms with Crippen LogP contribution in [0.2, 0.25) is 0 Å². The molecule has 1 N–H and O–H groups in total. The lowest BCUT2D eigenvalue weighted by atomic mass is 9.96. The second kappa shape index (κ2) is 7.36. The van der Waals surface area contributed by atoms with E-state index in [1.54, 1.807) is 0 Å². The first kappa shape index (κ1) is 17.4. The van der Waals surface area contributed by atoms with Gasteiger partial charge in [-0.05, 0) is 43.4 Å². The van der Waals surface area contributed by atoms with Crippen LogP contribution >= 0.6 is 0 Å². The largest absolute Gasteiger partial charge is 0.348 e. The fraction of sp³-hybridized carbons (Fsp3) is 0.333. The average molecular weight is 371 g/mol. The van der Waals surface area contributed by atoms with E-state index >= 15 is 0 Å². The summed E-state index contributed by atoms with van der Waals surface area (Å²) in [6.45, 7) is 1.02. The highest BCUT2D eigenvalue weighted by atomic mass is 16.1. The van der Waals surface area contributed by atoms with Gasteiger partial charge in [0, 0.05) is 30.1 Å². The standard InChI is InChI=1S/C24H25N3O/c28-24(23-13-10-18-8-4-5-9-22(18)26-23)25-19-14-20-11-12-21(15-19)27(20)16-17-6-2-1-3-7-17/h1-10,13,19-21H,11-12,14-16H2,(H,25,28). The van der Waals surface area contributed by atoms with Crippen LogP contribution in [0, 0.1) is 0 Å². The first-order valence-corrected chi connectivity index (χ1v) is 10.2. The number of para-hydroxylation sites is 1. The Bertz CT molecular complexity index is 973. The Balaban J connectivity index is 1.25. The van der Waals surface area contributed by atoms with Crippen molar-refractivity contribution in [1.82, 2.24) is 15.2 Å². The monoisotopic (exact) mass is 371 g/mol. The summed E-state index contributed by atoms with van der Waals surface area (Å²) < 4.78 is 0. The molecule has 1 aromatic heterocycles. The van der Waals surface area contributed by atoms with Crippen LogP contribution in [0.4, 0.5) is 0 Å². The number of piperidine rings is 1. The van der Waals surface area contributed by atoms with Gasteiger partial charge in [0.25, 0.3) is 5.91 Å². The molecule has 0 radical (unpaired) electrons. The molecule has 0 aliphatic carbocycles. The number of nitrogens with one attached hydrogen (secondary N) is 1. The maximum absolute atomic E-state index is 12.8. The van der Waals surface area contributed by atoms with Crippen LogP contribution in [-0.2, 0) is 6.54 Å². The third-order valence-corrected chi connectivity index (χ3v) is 6.26. The van der Waals surface area contributed by atoms with Gasteiger partial charge in [-0.1, -0.05) is 54.6 Å². The molecule has 28 heavy (non-hydrogen) atoms. The number of aromatic nitrogens is 1. The zero-order chi connectivity index (χ0) is 18.9. The van der Waals surface area contributed by atoms with E-state index in [0.717, 1.165) is 30.3 Å². The summed E-state index contributed by atoms with van der Waals surface area (Å²) in [5.41, 5.74) is 2.76. The van der Waals surface area contributed by atoms with E-state index in [1.807, 2.05) is 36.4 Å². The highest BCUT2D eigenvalue weighted by molar-refractivity contribution is 5.95. The van der Waals surface area contributed by atoms with E-state index < -0.39 is 0 Å². The Hall–Kier alpha value is -2.72. The molecular weight excluding hydrogens is 346 g/mol. The average Bonchev–Trinajstić information content (AvgIpc) is 2.96. The molecule has 0 saturated carbocycles. The predicted octanol–water partition coefficient (Wildman–Crippen LogP) is 4.16. The van der Waals surface area contributed by atoms with Gasteiger partial charge in [-0.25, -0.2) is 4.98 Å². The fourth-order valence-corrected chi connectivity index (χ4v) is 4.90. The maximum atomic E-state index is 12.8. The Kier molecular flexibility index (Phi) is 4.57. The lowest BCUT2D eigenvalue weighted by Gasteiger charge is -2.39. The Morgan fingerprint density at radius 3 is 2.43 bits per heavy atom. The summed E-state index contributed by atoms with van der Waals surface area (Å²) in [5.74, 6) is -0.0494. The molecule has 2 fully saturated rings. The van der Waals surface area contributed by atoms with Crippen LogP contribution in [0.15, 0.2) is 66.7 Å². The lowest BCUT2D eigenvalue weighted by molar-refractivity contribution is 0.0824. The van der Waals surface area contributed by atoms with Crippen LogP contribution in [-0.4, -0.2) is 33.9 Å². The molecule has 1 amide bonds. The number of rotatable bonds is 4. The summed E-state index contributed by atoms with van der Waals surface area (Å²) in [5, 5.41) is 4.32. The molecule has 5 rings (SSSR count). The number of amides is 1. The molecule has 142 valence electrons. The van der Waals surface area contributed by atoms with E-state index in [0.29, 0.717) is 17.8 Å². The van der Waals surface area contributed by atoms with Crippen molar-refractivity contribution in [2.75, 3.05) is 0 Å². The summed E-state index contributed by atoms with van der Waals surface area (Å²) in [4.78, 5) is 20.0. The van der Waals surface area contributed by atoms with E-state index in [9.17, 15) is 4.79 Å². The summed E-state index contributed by atoms with van der Waals surface area (Å²) in [6, 6.07) is 23.8. The summed E-state index contributed by atoms with van der Waals surface area (Å²) >= 11 is 0. The number of benzene rings is 2. The van der Waals surface area contributed by atoms with Gasteiger partial charge in [-0.15, -0.1) is 0 Å². The predicted molar refractivity (Wildman–Crippen MR) is 111 cm³/mol. The SMILES string of the molecule is O=C(NC1CC2CCC(C1)N2Cc1ccccc1)c1ccc2ccccc2n1. The molecule has 4 nitrogen and oxygen atoms in total. The molecule has 3 heterocycles. The third-order valence-electron chi connectivity index (χ3n) is 6.26. The Morgan fingerprint density at radius 1 is 0.929 bits per heavy atom. The highest BCUT2D eigenvalue weighted by Crippen LogP contribution is 2.36. The minimum Gasteiger partial charge on any atom is -0.348 e. The topological polar surface area (TPSA) is 45.2 Å². The van der Waals surface area contributed by atoms with Crippen LogP contribution in [0.3, 0.4) is 0 Å². The van der Waals surface area contributed by atoms with Crippen molar-refractivity contribution >= 4 is 16.8 Å². The molecular formula is C24H25N3O. The van der Waals surface area contributed by atoms with Crippen molar-refractivity contribution in [3.63, 3.8) is 0 Å². The van der Waals surface area contributed by atoms with Crippen molar-refractivity contribution < 1.29 is 4.79 Å². The number of fused-ring (bicyclic) bond motifs is 3. The maximum Gasteiger partial charge on any atom is 0.270 e. The van der Waals surface area contributed by atoms with Gasteiger partial charge >= 0.3 is 0 Å². The fourth-order valence-electron chi connectivity index (χ4n) is 4.90. The zero-order valence-electron chi connectivity index (χ0n) is 15.9. The summed E-state index contributed by atoms with van der Waals surface area (Å²) in [7, 11) is 0. The number of carbonyl (C=O) groups is 1. The number of hydrogen-bond donors (Lipinski definition) is 1. The van der Waals surface area contributed by atoms with Crippen molar-refractivity contribution in [1.29, 1.82) is 0 Å². The Labute approximate surface area is 165 Å². The molecule has 0 spiro atoms. The normalized spacial score (nSPS) is 24.4. The molecule has 2 atom stereocenters. The van der Waals surface area contributed by atoms with Gasteiger partial charge in [-0.2, -0.15) is 0 Å². The number of pyridine rings is 1. The lowest BCUT2D eigenvalue weighted by Crippen LogP contribution is -2.50. The molecule has 2 aromatic carbocycles. The highest BCUT2D eigenvalue weighted by Gasteiger charge is 2.40. The van der Waals surface area contributed by atoms with Gasteiger partial charge < -0.3 is 5.32 Å². The van der Waals surface area contributed by atoms with Crippen LogP contribution in [0.25, 0.3) is 10.9 Å². The zero-order valence-corrected chi connectivity index (χ0v) is 15.9. The van der Waals surface area contributed by atoms with Gasteiger partial charge in [0.15, 0.2) is 0 Å². The molecule has 2 saturated heterocycles. The first-order valence-electron chi connectivity index (χ1n) is 10.2. The first-order chi connectivity index (χ1) is 13.8. The van der Waals surface area contributed by atoms with Gasteiger partial charge in [0.1, 0.15) is 5.69 Å². The van der Waals surface area contributed by atoms with E-state index in [-0.39, 0.29) is 11.9 Å². The second-order valence-electron chi connectivity index (χ2n) is 8.07. The van der Waals surface area contributed by atoms with Crippen molar-refractivity contribution in [2.24, 2.45) is 0 Å². The number of hydrogen-bond acceptors (Lipinski definition) is 3. The molecule has 2 bridgehead atoms. The molecule has 2 aliphatic heterocycles. The van der Waals surface area contributed by atoms with Crippen molar-refractivity contribution in [3.05, 3.63) is 78.0 Å². The molecule has 4 heteroatoms. The van der Waals surface area contributed by atoms with E-state index in [4.69, 9.17) is 0 Å². The summed E-state index contributed by atoms with van der Waals surface area (Å²) in [6.07, 6.45) is 4.53. The van der Waals surface area contributed by atoms with Crippen LogP contribution in [0.5, 0.6) is 0 Å². The van der Waals surface area contributed by atoms with Crippen molar-refractivity contribution in [3.8, 4) is 0 Å². The smallest absolute Gasteiger partial charge is 0.270 e. The molecule has 2 aliphatic rings. The number of carbonyl (C=O) groups excluding carboxylic acids is 1. The third kappa shape index (κ3) is 3.40.